The number of carbonyl (C=O) groups excluding carboxylic acids is 1. The number of benzene rings is 1. The average molecular weight is 370 g/mol. The first kappa shape index (κ1) is 19.1. The molecule has 0 atom stereocenters. The highest BCUT2D eigenvalue weighted by atomic mass is 16.5. The summed E-state index contributed by atoms with van der Waals surface area (Å²) < 4.78 is 10.9. The summed E-state index contributed by atoms with van der Waals surface area (Å²) in [7, 11) is 0. The van der Waals surface area contributed by atoms with E-state index in [1.54, 1.807) is 12.3 Å². The van der Waals surface area contributed by atoms with Crippen LogP contribution in [0.25, 0.3) is 0 Å². The largest absolute Gasteiger partial charge is 0.492 e. The minimum atomic E-state index is -0.162. The molecule has 1 aromatic heterocycles. The van der Waals surface area contributed by atoms with Gasteiger partial charge in [0.1, 0.15) is 11.4 Å². The molecule has 7 nitrogen and oxygen atoms in total. The van der Waals surface area contributed by atoms with Gasteiger partial charge in [-0.25, -0.2) is 4.98 Å². The normalized spacial score (nSPS) is 14.6. The zero-order valence-electron chi connectivity index (χ0n) is 15.6. The number of rotatable bonds is 8. The molecule has 1 saturated heterocycles. The van der Waals surface area contributed by atoms with E-state index in [0.717, 1.165) is 50.0 Å². The van der Waals surface area contributed by atoms with Gasteiger partial charge in [-0.3, -0.25) is 9.69 Å². The summed E-state index contributed by atoms with van der Waals surface area (Å²) in [5.74, 6) is 0.620. The van der Waals surface area contributed by atoms with Gasteiger partial charge in [0.15, 0.2) is 0 Å². The predicted octanol–water partition coefficient (Wildman–Crippen LogP) is 2.29. The van der Waals surface area contributed by atoms with E-state index < -0.39 is 0 Å². The maximum Gasteiger partial charge on any atom is 0.269 e. The van der Waals surface area contributed by atoms with Crippen LogP contribution >= 0.6 is 0 Å². The molecule has 2 heterocycles. The van der Waals surface area contributed by atoms with Crippen LogP contribution < -0.4 is 15.4 Å². The van der Waals surface area contributed by atoms with Crippen molar-refractivity contribution >= 4 is 17.3 Å². The average Bonchev–Trinajstić information content (AvgIpc) is 2.71. The van der Waals surface area contributed by atoms with E-state index >= 15 is 0 Å². The van der Waals surface area contributed by atoms with Crippen LogP contribution in [-0.2, 0) is 4.74 Å². The smallest absolute Gasteiger partial charge is 0.269 e. The fraction of sp³-hybridized carbons (Fsp3) is 0.400. The Morgan fingerprint density at radius 1 is 1.22 bits per heavy atom. The number of hydrogen-bond acceptors (Lipinski definition) is 6. The van der Waals surface area contributed by atoms with E-state index in [2.05, 4.69) is 20.5 Å². The molecule has 2 N–H and O–H groups in total. The van der Waals surface area contributed by atoms with Gasteiger partial charge in [0.05, 0.1) is 37.4 Å². The van der Waals surface area contributed by atoms with Crippen LogP contribution in [0.4, 0.5) is 11.4 Å². The minimum Gasteiger partial charge on any atom is -0.492 e. The molecule has 144 valence electrons. The number of carbonyl (C=O) groups is 1. The molecule has 0 bridgehead atoms. The molecule has 7 heteroatoms. The van der Waals surface area contributed by atoms with Crippen molar-refractivity contribution in [2.24, 2.45) is 0 Å². The van der Waals surface area contributed by atoms with Gasteiger partial charge in [0.25, 0.3) is 5.91 Å². The Morgan fingerprint density at radius 3 is 2.78 bits per heavy atom. The molecule has 1 amide bonds. The lowest BCUT2D eigenvalue weighted by molar-refractivity contribution is 0.0383. The Hall–Kier alpha value is -2.64. The van der Waals surface area contributed by atoms with Gasteiger partial charge < -0.3 is 20.1 Å². The molecule has 1 fully saturated rings. The summed E-state index contributed by atoms with van der Waals surface area (Å²) in [6, 6.07) is 11.3. The molecule has 1 aromatic carbocycles. The number of morpholine rings is 1. The number of aromatic nitrogens is 1. The van der Waals surface area contributed by atoms with Crippen LogP contribution in [0.3, 0.4) is 0 Å². The van der Waals surface area contributed by atoms with E-state index in [9.17, 15) is 4.79 Å². The summed E-state index contributed by atoms with van der Waals surface area (Å²) in [5.41, 5.74) is 2.07. The standard InChI is InChI=1S/C20H26N4O3/c1-2-27-19-6-4-3-5-17(19)23-16-7-8-18(22-15-16)20(25)21-9-10-24-11-13-26-14-12-24/h3-8,15,23H,2,9-14H2,1H3,(H,21,25). The van der Waals surface area contributed by atoms with Gasteiger partial charge in [0.2, 0.25) is 0 Å². The van der Waals surface area contributed by atoms with E-state index in [1.165, 1.54) is 0 Å². The summed E-state index contributed by atoms with van der Waals surface area (Å²) in [6.07, 6.45) is 1.65. The quantitative estimate of drug-likeness (QED) is 0.743. The third-order valence-corrected chi connectivity index (χ3v) is 4.28. The Bertz CT molecular complexity index is 730. The number of nitrogens with zero attached hydrogens (tertiary/aromatic N) is 2. The van der Waals surface area contributed by atoms with E-state index in [1.807, 2.05) is 37.3 Å². The lowest BCUT2D eigenvalue weighted by atomic mass is 10.2. The molecule has 0 saturated carbocycles. The molecule has 0 radical (unpaired) electrons. The molecule has 0 spiro atoms. The Kier molecular flexibility index (Phi) is 7.01. The SMILES string of the molecule is CCOc1ccccc1Nc1ccc(C(=O)NCCN2CCOCC2)nc1. The van der Waals surface area contributed by atoms with Crippen molar-refractivity contribution in [1.29, 1.82) is 0 Å². The number of hydrogen-bond donors (Lipinski definition) is 2. The second-order valence-corrected chi connectivity index (χ2v) is 6.20. The molecule has 27 heavy (non-hydrogen) atoms. The second-order valence-electron chi connectivity index (χ2n) is 6.20. The van der Waals surface area contributed by atoms with Gasteiger partial charge >= 0.3 is 0 Å². The molecule has 0 aliphatic carbocycles. The fourth-order valence-corrected chi connectivity index (χ4v) is 2.85. The van der Waals surface area contributed by atoms with Crippen molar-refractivity contribution in [3.63, 3.8) is 0 Å². The first-order valence-corrected chi connectivity index (χ1v) is 9.29. The van der Waals surface area contributed by atoms with E-state index in [4.69, 9.17) is 9.47 Å². The maximum absolute atomic E-state index is 12.2. The number of ether oxygens (including phenoxy) is 2. The molecule has 1 aliphatic rings. The van der Waals surface area contributed by atoms with Crippen molar-refractivity contribution < 1.29 is 14.3 Å². The monoisotopic (exact) mass is 370 g/mol. The van der Waals surface area contributed by atoms with Crippen LogP contribution in [0, 0.1) is 0 Å². The first-order valence-electron chi connectivity index (χ1n) is 9.29. The Labute approximate surface area is 159 Å². The van der Waals surface area contributed by atoms with Crippen molar-refractivity contribution in [3.05, 3.63) is 48.3 Å². The number of para-hydroxylation sites is 2. The highest BCUT2D eigenvalue weighted by molar-refractivity contribution is 5.92. The highest BCUT2D eigenvalue weighted by Crippen LogP contribution is 2.27. The van der Waals surface area contributed by atoms with Crippen LogP contribution in [-0.4, -0.2) is 61.8 Å². The fourth-order valence-electron chi connectivity index (χ4n) is 2.85. The number of anilines is 2. The van der Waals surface area contributed by atoms with Crippen LogP contribution in [0.5, 0.6) is 5.75 Å². The molecule has 0 unspecified atom stereocenters. The summed E-state index contributed by atoms with van der Waals surface area (Å²) in [4.78, 5) is 18.8. The molecule has 1 aliphatic heterocycles. The lowest BCUT2D eigenvalue weighted by Gasteiger charge is -2.26. The zero-order chi connectivity index (χ0) is 18.9. The van der Waals surface area contributed by atoms with E-state index in [-0.39, 0.29) is 5.91 Å². The number of amides is 1. The van der Waals surface area contributed by atoms with Crippen LogP contribution in [0.1, 0.15) is 17.4 Å². The third kappa shape index (κ3) is 5.67. The van der Waals surface area contributed by atoms with E-state index in [0.29, 0.717) is 18.8 Å². The highest BCUT2D eigenvalue weighted by Gasteiger charge is 2.11. The Balaban J connectivity index is 1.51. The summed E-state index contributed by atoms with van der Waals surface area (Å²) in [5, 5.41) is 6.19. The van der Waals surface area contributed by atoms with Gasteiger partial charge in [-0.2, -0.15) is 0 Å². The van der Waals surface area contributed by atoms with Crippen LogP contribution in [0.15, 0.2) is 42.6 Å². The second kappa shape index (κ2) is 9.89. The minimum absolute atomic E-state index is 0.162. The number of pyridine rings is 1. The molecular formula is C20H26N4O3. The Morgan fingerprint density at radius 2 is 2.04 bits per heavy atom. The third-order valence-electron chi connectivity index (χ3n) is 4.28. The topological polar surface area (TPSA) is 75.7 Å². The molecule has 2 aromatic rings. The van der Waals surface area contributed by atoms with Crippen molar-refractivity contribution in [2.45, 2.75) is 6.92 Å². The van der Waals surface area contributed by atoms with Crippen LogP contribution in [0.2, 0.25) is 0 Å². The first-order chi connectivity index (χ1) is 13.3. The van der Waals surface area contributed by atoms with Crippen molar-refractivity contribution in [1.82, 2.24) is 15.2 Å². The van der Waals surface area contributed by atoms with Crippen molar-refractivity contribution in [2.75, 3.05) is 51.3 Å². The predicted molar refractivity (Wildman–Crippen MR) is 105 cm³/mol. The molecule has 3 rings (SSSR count). The van der Waals surface area contributed by atoms with Gasteiger partial charge in [-0.1, -0.05) is 12.1 Å². The summed E-state index contributed by atoms with van der Waals surface area (Å²) in [6.45, 7) is 7.32. The lowest BCUT2D eigenvalue weighted by Crippen LogP contribution is -2.41. The summed E-state index contributed by atoms with van der Waals surface area (Å²) >= 11 is 0. The van der Waals surface area contributed by atoms with Gasteiger partial charge in [-0.15, -0.1) is 0 Å². The maximum atomic E-state index is 12.2. The number of nitrogens with one attached hydrogen (secondary N) is 2. The molecular weight excluding hydrogens is 344 g/mol. The van der Waals surface area contributed by atoms with Gasteiger partial charge in [0, 0.05) is 26.2 Å². The van der Waals surface area contributed by atoms with Crippen molar-refractivity contribution in [3.8, 4) is 5.75 Å². The van der Waals surface area contributed by atoms with Gasteiger partial charge in [-0.05, 0) is 31.2 Å². The zero-order valence-corrected chi connectivity index (χ0v) is 15.6.